The van der Waals surface area contributed by atoms with Gasteiger partial charge in [0.15, 0.2) is 5.60 Å². The summed E-state index contributed by atoms with van der Waals surface area (Å²) in [4.78, 5) is 0. The number of aliphatic hydroxyl groups is 1. The molecule has 1 aliphatic carbocycles. The third-order valence-electron chi connectivity index (χ3n) is 2.25. The smallest absolute Gasteiger partial charge is 0.177 e. The van der Waals surface area contributed by atoms with E-state index in [0.717, 1.165) is 12.8 Å². The van der Waals surface area contributed by atoms with E-state index in [2.05, 4.69) is 0 Å². The Morgan fingerprint density at radius 3 is 2.50 bits per heavy atom. The van der Waals surface area contributed by atoms with E-state index < -0.39 is 5.60 Å². The van der Waals surface area contributed by atoms with E-state index >= 15 is 0 Å². The fraction of sp³-hybridized carbons (Fsp3) is 0.857. The molecule has 0 aromatic rings. The molecule has 0 aromatic carbocycles. The van der Waals surface area contributed by atoms with Gasteiger partial charge in [-0.3, -0.25) is 0 Å². The summed E-state index contributed by atoms with van der Waals surface area (Å²) < 4.78 is 5.29. The first-order chi connectivity index (χ1) is 4.68. The molecule has 0 aromatic heterocycles. The molecular weight excluding hydrogens is 130 g/mol. The normalized spacial score (nSPS) is 41.6. The van der Waals surface area contributed by atoms with Crippen molar-refractivity contribution in [1.82, 2.24) is 0 Å². The van der Waals surface area contributed by atoms with Crippen molar-refractivity contribution in [1.29, 1.82) is 5.26 Å². The maximum Gasteiger partial charge on any atom is 0.177 e. The second kappa shape index (κ2) is 1.52. The number of hydrogen-bond acceptors (Lipinski definition) is 3. The molecule has 1 unspecified atom stereocenters. The second-order valence-electron chi connectivity index (χ2n) is 3.29. The van der Waals surface area contributed by atoms with Crippen molar-refractivity contribution < 1.29 is 9.84 Å². The van der Waals surface area contributed by atoms with Gasteiger partial charge < -0.3 is 9.84 Å². The summed E-state index contributed by atoms with van der Waals surface area (Å²) in [5, 5.41) is 17.9. The Bertz CT molecular complexity index is 204. The van der Waals surface area contributed by atoms with Crippen LogP contribution in [0.25, 0.3) is 0 Å². The number of ether oxygens (including phenoxy) is 1. The average molecular weight is 139 g/mol. The number of nitrogens with zero attached hydrogens (tertiary/aromatic N) is 1. The van der Waals surface area contributed by atoms with E-state index in [1.165, 1.54) is 0 Å². The molecule has 1 saturated heterocycles. The van der Waals surface area contributed by atoms with E-state index in [4.69, 9.17) is 10.00 Å². The van der Waals surface area contributed by atoms with Gasteiger partial charge in [0, 0.05) is 6.42 Å². The highest BCUT2D eigenvalue weighted by Gasteiger charge is 2.56. The van der Waals surface area contributed by atoms with Crippen LogP contribution in [0.3, 0.4) is 0 Å². The van der Waals surface area contributed by atoms with Gasteiger partial charge in [-0.1, -0.05) is 0 Å². The van der Waals surface area contributed by atoms with Crippen LogP contribution in [0.1, 0.15) is 19.3 Å². The Kier molecular flexibility index (Phi) is 0.936. The number of hydrogen-bond donors (Lipinski definition) is 1. The minimum atomic E-state index is -1.18. The van der Waals surface area contributed by atoms with Gasteiger partial charge in [0.25, 0.3) is 0 Å². The van der Waals surface area contributed by atoms with Gasteiger partial charge in [-0.05, 0) is 12.8 Å². The summed E-state index contributed by atoms with van der Waals surface area (Å²) in [7, 11) is 0. The molecule has 0 bridgehead atoms. The fourth-order valence-corrected chi connectivity index (χ4v) is 1.44. The third-order valence-corrected chi connectivity index (χ3v) is 2.25. The molecule has 1 spiro atoms. The highest BCUT2D eigenvalue weighted by Crippen LogP contribution is 2.50. The molecule has 2 aliphatic rings. The predicted molar refractivity (Wildman–Crippen MR) is 33.1 cm³/mol. The summed E-state index contributed by atoms with van der Waals surface area (Å²) in [5.41, 5.74) is -1.28. The largest absolute Gasteiger partial charge is 0.373 e. The highest BCUT2D eigenvalue weighted by atomic mass is 16.5. The van der Waals surface area contributed by atoms with Crippen LogP contribution in [0.5, 0.6) is 0 Å². The first-order valence-corrected chi connectivity index (χ1v) is 3.46. The van der Waals surface area contributed by atoms with Crippen LogP contribution >= 0.6 is 0 Å². The Morgan fingerprint density at radius 2 is 2.20 bits per heavy atom. The average Bonchev–Trinajstić information content (AvgIpc) is 2.56. The van der Waals surface area contributed by atoms with Crippen LogP contribution < -0.4 is 0 Å². The van der Waals surface area contributed by atoms with Gasteiger partial charge >= 0.3 is 0 Å². The SMILES string of the molecule is N#CC1(O)COC2(CC2)C1. The molecule has 54 valence electrons. The van der Waals surface area contributed by atoms with Crippen molar-refractivity contribution in [2.75, 3.05) is 6.61 Å². The summed E-state index contributed by atoms with van der Waals surface area (Å²) in [5.74, 6) is 0. The Labute approximate surface area is 59.2 Å². The standard InChI is InChI=1S/C7H9NO2/c8-4-6(9)3-7(1-2-7)10-5-6/h9H,1-3,5H2. The van der Waals surface area contributed by atoms with Crippen molar-refractivity contribution in [3.05, 3.63) is 0 Å². The van der Waals surface area contributed by atoms with Crippen molar-refractivity contribution in [2.24, 2.45) is 0 Å². The summed E-state index contributed by atoms with van der Waals surface area (Å²) in [6.45, 7) is 0.198. The van der Waals surface area contributed by atoms with Gasteiger partial charge in [0.1, 0.15) is 0 Å². The summed E-state index contributed by atoms with van der Waals surface area (Å²) in [6.07, 6.45) is 2.53. The van der Waals surface area contributed by atoms with Gasteiger partial charge in [-0.15, -0.1) is 0 Å². The molecule has 0 amide bonds. The quantitative estimate of drug-likeness (QED) is 0.487. The van der Waals surface area contributed by atoms with Gasteiger partial charge in [0.05, 0.1) is 18.3 Å². The Morgan fingerprint density at radius 1 is 1.50 bits per heavy atom. The Hall–Kier alpha value is -0.590. The Balaban J connectivity index is 2.13. The van der Waals surface area contributed by atoms with E-state index in [0.29, 0.717) is 6.42 Å². The van der Waals surface area contributed by atoms with Gasteiger partial charge in [0.2, 0.25) is 0 Å². The molecule has 0 radical (unpaired) electrons. The molecular formula is C7H9NO2. The molecule has 1 saturated carbocycles. The van der Waals surface area contributed by atoms with Crippen LogP contribution in [0, 0.1) is 11.3 Å². The molecule has 3 nitrogen and oxygen atoms in total. The van der Waals surface area contributed by atoms with Crippen molar-refractivity contribution >= 4 is 0 Å². The molecule has 2 rings (SSSR count). The van der Waals surface area contributed by atoms with Crippen LogP contribution in [0.4, 0.5) is 0 Å². The first kappa shape index (κ1) is 6.14. The molecule has 1 heterocycles. The minimum absolute atomic E-state index is 0.0928. The monoisotopic (exact) mass is 139 g/mol. The lowest BCUT2D eigenvalue weighted by Gasteiger charge is -2.07. The zero-order valence-electron chi connectivity index (χ0n) is 5.63. The van der Waals surface area contributed by atoms with Gasteiger partial charge in [-0.2, -0.15) is 5.26 Å². The zero-order chi connectivity index (χ0) is 7.24. The fourth-order valence-electron chi connectivity index (χ4n) is 1.44. The van der Waals surface area contributed by atoms with Crippen LogP contribution in [0.15, 0.2) is 0 Å². The van der Waals surface area contributed by atoms with Crippen molar-refractivity contribution in [3.8, 4) is 6.07 Å². The number of nitriles is 1. The van der Waals surface area contributed by atoms with Crippen LogP contribution in [-0.2, 0) is 4.74 Å². The van der Waals surface area contributed by atoms with E-state index in [1.54, 1.807) is 0 Å². The molecule has 10 heavy (non-hydrogen) atoms. The number of rotatable bonds is 0. The zero-order valence-corrected chi connectivity index (χ0v) is 5.63. The maximum absolute atomic E-state index is 9.39. The van der Waals surface area contributed by atoms with E-state index in [-0.39, 0.29) is 12.2 Å². The molecule has 3 heteroatoms. The lowest BCUT2D eigenvalue weighted by molar-refractivity contribution is 0.0525. The van der Waals surface area contributed by atoms with E-state index in [1.807, 2.05) is 6.07 Å². The summed E-state index contributed by atoms with van der Waals surface area (Å²) >= 11 is 0. The minimum Gasteiger partial charge on any atom is -0.373 e. The molecule has 2 fully saturated rings. The predicted octanol–water partition coefficient (Wildman–Crippen LogP) is 0.194. The lowest BCUT2D eigenvalue weighted by atomic mass is 10.0. The lowest BCUT2D eigenvalue weighted by Crippen LogP contribution is -2.26. The van der Waals surface area contributed by atoms with Crippen LogP contribution in [-0.4, -0.2) is 22.9 Å². The van der Waals surface area contributed by atoms with E-state index in [9.17, 15) is 5.11 Å². The van der Waals surface area contributed by atoms with Gasteiger partial charge in [-0.25, -0.2) is 0 Å². The van der Waals surface area contributed by atoms with Crippen molar-refractivity contribution in [3.63, 3.8) is 0 Å². The van der Waals surface area contributed by atoms with Crippen molar-refractivity contribution in [2.45, 2.75) is 30.5 Å². The third kappa shape index (κ3) is 0.731. The molecule has 1 atom stereocenters. The maximum atomic E-state index is 9.39. The first-order valence-electron chi connectivity index (χ1n) is 3.46. The second-order valence-corrected chi connectivity index (χ2v) is 3.29. The van der Waals surface area contributed by atoms with Crippen LogP contribution in [0.2, 0.25) is 0 Å². The topological polar surface area (TPSA) is 53.2 Å². The molecule has 1 N–H and O–H groups in total. The summed E-state index contributed by atoms with van der Waals surface area (Å²) in [6, 6.07) is 1.87. The highest BCUT2D eigenvalue weighted by molar-refractivity contribution is 5.14. The molecule has 1 aliphatic heterocycles.